The first-order valence-electron chi connectivity index (χ1n) is 11.1. The predicted molar refractivity (Wildman–Crippen MR) is 109 cm³/mol. The van der Waals surface area contributed by atoms with Crippen LogP contribution in [-0.2, 0) is 29.3 Å². The van der Waals surface area contributed by atoms with E-state index in [-0.39, 0.29) is 23.5 Å². The number of furan rings is 1. The van der Waals surface area contributed by atoms with Crippen LogP contribution in [0.5, 0.6) is 0 Å². The second-order valence-electron chi connectivity index (χ2n) is 9.70. The van der Waals surface area contributed by atoms with E-state index in [1.807, 2.05) is 13.8 Å². The molecule has 5 atom stereocenters. The number of ether oxygens (including phenoxy) is 2. The number of fused-ring (bicyclic) bond motifs is 3. The first kappa shape index (κ1) is 21.6. The highest BCUT2D eigenvalue weighted by Gasteiger charge is 2.64. The van der Waals surface area contributed by atoms with Gasteiger partial charge in [0.2, 0.25) is 5.78 Å². The van der Waals surface area contributed by atoms with E-state index in [1.165, 1.54) is 6.26 Å². The number of aliphatic carboxylic acids is 1. The molecule has 2 heterocycles. The molecule has 0 unspecified atom stereocenters. The first-order valence-corrected chi connectivity index (χ1v) is 11.1. The number of hydrogen-bond acceptors (Lipinski definition) is 8. The molecule has 1 fully saturated rings. The number of rotatable bonds is 4. The van der Waals surface area contributed by atoms with Gasteiger partial charge in [-0.2, -0.15) is 0 Å². The molecule has 174 valence electrons. The van der Waals surface area contributed by atoms with Gasteiger partial charge in [-0.3, -0.25) is 19.2 Å². The molecule has 0 saturated heterocycles. The van der Waals surface area contributed by atoms with Crippen LogP contribution in [0.2, 0.25) is 0 Å². The Hall–Kier alpha value is -3.23. The average Bonchev–Trinajstić information content (AvgIpc) is 3.31. The number of esters is 2. The minimum atomic E-state index is -1.34. The third-order valence-electron chi connectivity index (χ3n) is 8.01. The maximum atomic E-state index is 13.7. The summed E-state index contributed by atoms with van der Waals surface area (Å²) in [5.41, 5.74) is -0.512. The van der Waals surface area contributed by atoms with Gasteiger partial charge in [-0.05, 0) is 25.3 Å². The Kier molecular flexibility index (Phi) is 4.51. The van der Waals surface area contributed by atoms with E-state index < -0.39 is 59.1 Å². The highest BCUT2D eigenvalue weighted by atomic mass is 16.6. The standard InChI is InChI=1S/C24H24O9/c1-4-14-24(3)18-10(22(30)33-14)9-31-21(18)20(29)17-11-5-6-13(25)23(11,2)8-12(19(17)24)32-16(28)7-15(26)27/h9,11-12,14H,4-8H2,1-3H3,(H,26,27)/t11-,12+,14+,23-,24-/m0/s1. The van der Waals surface area contributed by atoms with Crippen LogP contribution in [0.15, 0.2) is 21.8 Å². The quantitative estimate of drug-likeness (QED) is 0.535. The number of cyclic esters (lactones) is 1. The van der Waals surface area contributed by atoms with Gasteiger partial charge < -0.3 is 19.0 Å². The highest BCUT2D eigenvalue weighted by Crippen LogP contribution is 2.61. The number of ketones is 2. The molecule has 9 nitrogen and oxygen atoms in total. The van der Waals surface area contributed by atoms with Crippen LogP contribution in [0.3, 0.4) is 0 Å². The molecule has 1 aromatic heterocycles. The van der Waals surface area contributed by atoms with Crippen LogP contribution in [0.4, 0.5) is 0 Å². The van der Waals surface area contributed by atoms with E-state index in [9.17, 15) is 24.0 Å². The van der Waals surface area contributed by atoms with Crippen molar-refractivity contribution in [1.29, 1.82) is 0 Å². The molecule has 9 heteroatoms. The van der Waals surface area contributed by atoms with Crippen molar-refractivity contribution in [1.82, 2.24) is 0 Å². The SMILES string of the molecule is CC[C@H]1OC(=O)c2coc3c2[C@@]1(C)C1=C(C3=O)[C@@H]2CCC(=O)[C@@]2(C)C[C@H]1OC(=O)CC(=O)O. The van der Waals surface area contributed by atoms with Gasteiger partial charge in [-0.25, -0.2) is 4.79 Å². The lowest BCUT2D eigenvalue weighted by Crippen LogP contribution is -2.56. The Morgan fingerprint density at radius 2 is 1.97 bits per heavy atom. The zero-order valence-electron chi connectivity index (χ0n) is 18.6. The number of carboxylic acid groups (broad SMARTS) is 1. The van der Waals surface area contributed by atoms with Crippen molar-refractivity contribution in [3.63, 3.8) is 0 Å². The van der Waals surface area contributed by atoms with Crippen molar-refractivity contribution >= 4 is 29.5 Å². The first-order chi connectivity index (χ1) is 15.5. The molecular weight excluding hydrogens is 432 g/mol. The minimum absolute atomic E-state index is 0.0238. The highest BCUT2D eigenvalue weighted by molar-refractivity contribution is 6.14. The summed E-state index contributed by atoms with van der Waals surface area (Å²) < 4.78 is 17.0. The lowest BCUT2D eigenvalue weighted by atomic mass is 9.54. The van der Waals surface area contributed by atoms with E-state index >= 15 is 0 Å². The largest absolute Gasteiger partial charge is 0.481 e. The van der Waals surface area contributed by atoms with Gasteiger partial charge in [0.1, 0.15) is 36.2 Å². The molecule has 0 spiro atoms. The predicted octanol–water partition coefficient (Wildman–Crippen LogP) is 2.75. The number of carbonyl (C=O) groups excluding carboxylic acids is 4. The van der Waals surface area contributed by atoms with Crippen molar-refractivity contribution in [3.8, 4) is 0 Å². The summed E-state index contributed by atoms with van der Waals surface area (Å²) in [6, 6.07) is 0. The topological polar surface area (TPSA) is 137 Å². The van der Waals surface area contributed by atoms with E-state index in [0.717, 1.165) is 0 Å². The molecule has 0 bridgehead atoms. The zero-order chi connectivity index (χ0) is 23.9. The lowest BCUT2D eigenvalue weighted by Gasteiger charge is -2.51. The molecule has 0 aromatic carbocycles. The second-order valence-corrected chi connectivity index (χ2v) is 9.70. The van der Waals surface area contributed by atoms with Gasteiger partial charge in [0, 0.05) is 35.3 Å². The molecule has 3 aliphatic carbocycles. The van der Waals surface area contributed by atoms with Gasteiger partial charge in [0.15, 0.2) is 5.76 Å². The normalized spacial score (nSPS) is 34.4. The number of allylic oxidation sites excluding steroid dienone is 1. The zero-order valence-corrected chi connectivity index (χ0v) is 18.6. The van der Waals surface area contributed by atoms with Crippen LogP contribution < -0.4 is 0 Å². The molecule has 1 saturated carbocycles. The Morgan fingerprint density at radius 1 is 1.24 bits per heavy atom. The smallest absolute Gasteiger partial charge is 0.342 e. The Bertz CT molecular complexity index is 1170. The van der Waals surface area contributed by atoms with Gasteiger partial charge in [0.25, 0.3) is 0 Å². The van der Waals surface area contributed by atoms with Crippen molar-refractivity contribution in [2.45, 2.75) is 70.5 Å². The molecule has 1 aliphatic heterocycles. The summed E-state index contributed by atoms with van der Waals surface area (Å²) in [6.45, 7) is 5.46. The second kappa shape index (κ2) is 6.88. The third-order valence-corrected chi connectivity index (χ3v) is 8.01. The molecule has 4 aliphatic rings. The van der Waals surface area contributed by atoms with Crippen LogP contribution in [0.1, 0.15) is 79.4 Å². The van der Waals surface area contributed by atoms with Crippen LogP contribution in [0, 0.1) is 11.3 Å². The van der Waals surface area contributed by atoms with Crippen molar-refractivity contribution < 1.29 is 43.0 Å². The fourth-order valence-corrected chi connectivity index (χ4v) is 6.54. The number of hydrogen-bond donors (Lipinski definition) is 1. The van der Waals surface area contributed by atoms with E-state index in [2.05, 4.69) is 0 Å². The van der Waals surface area contributed by atoms with E-state index in [1.54, 1.807) is 6.92 Å². The summed E-state index contributed by atoms with van der Waals surface area (Å²) in [7, 11) is 0. The molecule has 0 radical (unpaired) electrons. The van der Waals surface area contributed by atoms with Crippen LogP contribution >= 0.6 is 0 Å². The maximum absolute atomic E-state index is 13.7. The molecular formula is C24H24O9. The number of carboxylic acids is 1. The van der Waals surface area contributed by atoms with Gasteiger partial charge in [-0.1, -0.05) is 13.8 Å². The Morgan fingerprint density at radius 3 is 2.64 bits per heavy atom. The average molecular weight is 456 g/mol. The molecule has 5 rings (SSSR count). The van der Waals surface area contributed by atoms with E-state index in [4.69, 9.17) is 19.0 Å². The summed E-state index contributed by atoms with van der Waals surface area (Å²) in [6.07, 6.45) is 0.0416. The van der Waals surface area contributed by atoms with Crippen LogP contribution in [0.25, 0.3) is 0 Å². The molecule has 1 N–H and O–H groups in total. The van der Waals surface area contributed by atoms with Crippen molar-refractivity contribution in [3.05, 3.63) is 34.3 Å². The number of carbonyl (C=O) groups is 5. The summed E-state index contributed by atoms with van der Waals surface area (Å²) in [5, 5.41) is 9.05. The summed E-state index contributed by atoms with van der Waals surface area (Å²) in [4.78, 5) is 62.8. The third kappa shape index (κ3) is 2.68. The molecule has 1 aromatic rings. The van der Waals surface area contributed by atoms with Gasteiger partial charge >= 0.3 is 17.9 Å². The van der Waals surface area contributed by atoms with Crippen LogP contribution in [-0.4, -0.2) is 46.8 Å². The van der Waals surface area contributed by atoms with Gasteiger partial charge in [0.05, 0.1) is 5.41 Å². The molecule has 33 heavy (non-hydrogen) atoms. The molecule has 0 amide bonds. The maximum Gasteiger partial charge on any atom is 0.342 e. The number of Topliss-reactive ketones (excluding diaryl/α,β-unsaturated/α-hetero) is 2. The fraction of sp³-hybridized carbons (Fsp3) is 0.542. The fourth-order valence-electron chi connectivity index (χ4n) is 6.54. The summed E-state index contributed by atoms with van der Waals surface area (Å²) >= 11 is 0. The van der Waals surface area contributed by atoms with Crippen molar-refractivity contribution in [2.24, 2.45) is 11.3 Å². The Balaban J connectivity index is 1.76. The summed E-state index contributed by atoms with van der Waals surface area (Å²) in [5.74, 6) is -3.66. The van der Waals surface area contributed by atoms with E-state index in [0.29, 0.717) is 36.0 Å². The van der Waals surface area contributed by atoms with Gasteiger partial charge in [-0.15, -0.1) is 0 Å². The monoisotopic (exact) mass is 456 g/mol. The minimum Gasteiger partial charge on any atom is -0.481 e. The van der Waals surface area contributed by atoms with Crippen molar-refractivity contribution in [2.75, 3.05) is 0 Å². The Labute approximate surface area is 189 Å². The lowest BCUT2D eigenvalue weighted by molar-refractivity contribution is -0.157.